The summed E-state index contributed by atoms with van der Waals surface area (Å²) in [5.74, 6) is -0.212. The number of carboxylic acid groups (broad SMARTS) is 1. The minimum absolute atomic E-state index is 0.212. The van der Waals surface area contributed by atoms with Gasteiger partial charge in [0.2, 0.25) is 0 Å². The molecule has 2 rings (SSSR count). The van der Waals surface area contributed by atoms with E-state index in [9.17, 15) is 18.0 Å². The smallest absolute Gasteiger partial charge is 0.419 e. The summed E-state index contributed by atoms with van der Waals surface area (Å²) in [6, 6.07) is 5.06. The third kappa shape index (κ3) is 3.59. The maximum Gasteiger partial charge on any atom is 0.419 e. The standard InChI is InChI=1S/C14H16F3NO3/c1-13(6-8-18(9-7-13)12(19)20)21-11-5-3-2-4-10(11)14(15,16)17/h2-5H,6-9H2,1H3,(H,19,20). The van der Waals surface area contributed by atoms with Gasteiger partial charge in [-0.1, -0.05) is 12.1 Å². The van der Waals surface area contributed by atoms with Gasteiger partial charge in [0.15, 0.2) is 0 Å². The van der Waals surface area contributed by atoms with Crippen LogP contribution >= 0.6 is 0 Å². The van der Waals surface area contributed by atoms with Crippen LogP contribution in [0.4, 0.5) is 18.0 Å². The lowest BCUT2D eigenvalue weighted by Crippen LogP contribution is -2.47. The molecule has 1 aliphatic rings. The SMILES string of the molecule is CC1(Oc2ccccc2C(F)(F)F)CCN(C(=O)O)CC1. The molecular formula is C14H16F3NO3. The van der Waals surface area contributed by atoms with Gasteiger partial charge in [-0.3, -0.25) is 0 Å². The lowest BCUT2D eigenvalue weighted by molar-refractivity contribution is -0.140. The summed E-state index contributed by atoms with van der Waals surface area (Å²) in [5, 5.41) is 8.89. The summed E-state index contributed by atoms with van der Waals surface area (Å²) in [7, 11) is 0. The van der Waals surface area contributed by atoms with Gasteiger partial charge in [0.1, 0.15) is 11.4 Å². The quantitative estimate of drug-likeness (QED) is 0.908. The van der Waals surface area contributed by atoms with E-state index in [2.05, 4.69) is 0 Å². The van der Waals surface area contributed by atoms with Crippen LogP contribution in [0.25, 0.3) is 0 Å². The first kappa shape index (κ1) is 15.5. The second-order valence-electron chi connectivity index (χ2n) is 5.32. The summed E-state index contributed by atoms with van der Waals surface area (Å²) in [5.41, 5.74) is -1.61. The number of rotatable bonds is 2. The summed E-state index contributed by atoms with van der Waals surface area (Å²) in [6.45, 7) is 2.21. The van der Waals surface area contributed by atoms with Gasteiger partial charge in [-0.25, -0.2) is 4.79 Å². The molecule has 0 atom stereocenters. The van der Waals surface area contributed by atoms with Crippen LogP contribution in [-0.2, 0) is 6.18 Å². The van der Waals surface area contributed by atoms with Crippen LogP contribution in [0.2, 0.25) is 0 Å². The maximum absolute atomic E-state index is 12.9. The van der Waals surface area contributed by atoms with Crippen molar-refractivity contribution < 1.29 is 27.8 Å². The van der Waals surface area contributed by atoms with Gasteiger partial charge in [0.05, 0.1) is 5.56 Å². The third-order valence-corrected chi connectivity index (χ3v) is 3.64. The molecule has 0 aromatic heterocycles. The molecule has 4 nitrogen and oxygen atoms in total. The zero-order chi connectivity index (χ0) is 15.7. The van der Waals surface area contributed by atoms with Crippen molar-refractivity contribution in [1.29, 1.82) is 0 Å². The van der Waals surface area contributed by atoms with Crippen LogP contribution in [0.3, 0.4) is 0 Å². The zero-order valence-corrected chi connectivity index (χ0v) is 11.5. The number of alkyl halides is 3. The highest BCUT2D eigenvalue weighted by molar-refractivity contribution is 5.65. The number of hydrogen-bond donors (Lipinski definition) is 1. The van der Waals surface area contributed by atoms with Gasteiger partial charge in [0.25, 0.3) is 0 Å². The fourth-order valence-electron chi connectivity index (χ4n) is 2.33. The molecule has 1 heterocycles. The summed E-state index contributed by atoms with van der Waals surface area (Å²) in [6.07, 6.45) is -4.79. The molecule has 1 amide bonds. The number of carbonyl (C=O) groups is 1. The van der Waals surface area contributed by atoms with Gasteiger partial charge in [0, 0.05) is 25.9 Å². The second-order valence-corrected chi connectivity index (χ2v) is 5.32. The molecule has 0 spiro atoms. The Morgan fingerprint density at radius 2 is 1.86 bits per heavy atom. The van der Waals surface area contributed by atoms with Gasteiger partial charge in [-0.05, 0) is 19.1 Å². The van der Waals surface area contributed by atoms with Crippen molar-refractivity contribution in [2.45, 2.75) is 31.5 Å². The minimum atomic E-state index is -4.48. The van der Waals surface area contributed by atoms with Crippen LogP contribution in [0.15, 0.2) is 24.3 Å². The van der Waals surface area contributed by atoms with Crippen LogP contribution in [-0.4, -0.2) is 34.8 Å². The maximum atomic E-state index is 12.9. The molecule has 7 heteroatoms. The molecule has 1 N–H and O–H groups in total. The number of nitrogens with zero attached hydrogens (tertiary/aromatic N) is 1. The molecule has 116 valence electrons. The Bertz CT molecular complexity index is 522. The molecule has 1 aromatic rings. The van der Waals surface area contributed by atoms with Crippen molar-refractivity contribution in [3.63, 3.8) is 0 Å². The van der Waals surface area contributed by atoms with E-state index in [1.165, 1.54) is 23.1 Å². The zero-order valence-electron chi connectivity index (χ0n) is 11.5. The molecule has 1 aromatic carbocycles. The molecule has 1 fully saturated rings. The van der Waals surface area contributed by atoms with E-state index >= 15 is 0 Å². The average Bonchev–Trinajstić information content (AvgIpc) is 2.38. The number of likely N-dealkylation sites (tertiary alicyclic amines) is 1. The van der Waals surface area contributed by atoms with Crippen molar-refractivity contribution in [3.05, 3.63) is 29.8 Å². The van der Waals surface area contributed by atoms with Gasteiger partial charge >= 0.3 is 12.3 Å². The van der Waals surface area contributed by atoms with E-state index in [0.717, 1.165) is 6.07 Å². The second kappa shape index (κ2) is 5.46. The number of piperidine rings is 1. The number of halogens is 3. The first-order valence-electron chi connectivity index (χ1n) is 6.54. The van der Waals surface area contributed by atoms with Crippen molar-refractivity contribution in [3.8, 4) is 5.75 Å². The Morgan fingerprint density at radius 1 is 1.29 bits per heavy atom. The highest BCUT2D eigenvalue weighted by atomic mass is 19.4. The van der Waals surface area contributed by atoms with Crippen molar-refractivity contribution >= 4 is 6.09 Å². The monoisotopic (exact) mass is 303 g/mol. The number of ether oxygens (including phenoxy) is 1. The highest BCUT2D eigenvalue weighted by Crippen LogP contribution is 2.38. The van der Waals surface area contributed by atoms with Crippen molar-refractivity contribution in [2.24, 2.45) is 0 Å². The Morgan fingerprint density at radius 3 is 2.38 bits per heavy atom. The molecular weight excluding hydrogens is 287 g/mol. The molecule has 0 saturated carbocycles. The summed E-state index contributed by atoms with van der Waals surface area (Å²) >= 11 is 0. The van der Waals surface area contributed by atoms with Crippen LogP contribution in [0.1, 0.15) is 25.3 Å². The topological polar surface area (TPSA) is 49.8 Å². The van der Waals surface area contributed by atoms with E-state index in [4.69, 9.17) is 9.84 Å². The molecule has 21 heavy (non-hydrogen) atoms. The van der Waals surface area contributed by atoms with E-state index in [-0.39, 0.29) is 18.8 Å². The van der Waals surface area contributed by atoms with Crippen molar-refractivity contribution in [2.75, 3.05) is 13.1 Å². The van der Waals surface area contributed by atoms with Gasteiger partial charge in [-0.15, -0.1) is 0 Å². The number of benzene rings is 1. The van der Waals surface area contributed by atoms with E-state index in [1.54, 1.807) is 6.92 Å². The van der Waals surface area contributed by atoms with E-state index in [0.29, 0.717) is 12.8 Å². The number of para-hydroxylation sites is 1. The molecule has 1 aliphatic heterocycles. The average molecular weight is 303 g/mol. The van der Waals surface area contributed by atoms with Crippen LogP contribution < -0.4 is 4.74 Å². The predicted molar refractivity (Wildman–Crippen MR) is 69.3 cm³/mol. The highest BCUT2D eigenvalue weighted by Gasteiger charge is 2.38. The Kier molecular flexibility index (Phi) is 4.02. The minimum Gasteiger partial charge on any atom is -0.487 e. The Labute approximate surface area is 120 Å². The van der Waals surface area contributed by atoms with Gasteiger partial charge < -0.3 is 14.7 Å². The Balaban J connectivity index is 2.14. The summed E-state index contributed by atoms with van der Waals surface area (Å²) in [4.78, 5) is 12.1. The first-order chi connectivity index (χ1) is 9.71. The Hall–Kier alpha value is -1.92. The molecule has 1 saturated heterocycles. The fraction of sp³-hybridized carbons (Fsp3) is 0.500. The molecule has 0 aliphatic carbocycles. The normalized spacial score (nSPS) is 18.4. The number of hydrogen-bond acceptors (Lipinski definition) is 2. The first-order valence-corrected chi connectivity index (χ1v) is 6.54. The van der Waals surface area contributed by atoms with Crippen molar-refractivity contribution in [1.82, 2.24) is 4.90 Å². The molecule has 0 radical (unpaired) electrons. The largest absolute Gasteiger partial charge is 0.487 e. The molecule has 0 bridgehead atoms. The number of amides is 1. The van der Waals surface area contributed by atoms with Crippen LogP contribution in [0.5, 0.6) is 5.75 Å². The van der Waals surface area contributed by atoms with Gasteiger partial charge in [-0.2, -0.15) is 13.2 Å². The molecule has 0 unspecified atom stereocenters. The lowest BCUT2D eigenvalue weighted by atomic mass is 9.93. The predicted octanol–water partition coefficient (Wildman–Crippen LogP) is 3.62. The van der Waals surface area contributed by atoms with E-state index in [1.807, 2.05) is 0 Å². The van der Waals surface area contributed by atoms with E-state index < -0.39 is 23.4 Å². The lowest BCUT2D eigenvalue weighted by Gasteiger charge is -2.38. The van der Waals surface area contributed by atoms with Crippen LogP contribution in [0, 0.1) is 0 Å². The third-order valence-electron chi connectivity index (χ3n) is 3.64. The summed E-state index contributed by atoms with van der Waals surface area (Å²) < 4.78 is 44.4. The fourth-order valence-corrected chi connectivity index (χ4v) is 2.33.